The van der Waals surface area contributed by atoms with Gasteiger partial charge in [-0.2, -0.15) is 0 Å². The first-order valence-electron chi connectivity index (χ1n) is 7.86. The molecule has 0 amide bonds. The number of rotatable bonds is 4. The Morgan fingerprint density at radius 2 is 1.50 bits per heavy atom. The molecule has 4 nitrogen and oxygen atoms in total. The summed E-state index contributed by atoms with van der Waals surface area (Å²) in [7, 11) is 3.17. The van der Waals surface area contributed by atoms with Gasteiger partial charge in [-0.25, -0.2) is 4.39 Å². The summed E-state index contributed by atoms with van der Waals surface area (Å²) in [6.45, 7) is 0. The predicted octanol–water partition coefficient (Wildman–Crippen LogP) is 3.58. The molecule has 0 aliphatic carbocycles. The highest BCUT2D eigenvalue weighted by Gasteiger charge is 2.29. The van der Waals surface area contributed by atoms with Gasteiger partial charge in [-0.05, 0) is 35.4 Å². The van der Waals surface area contributed by atoms with Crippen LogP contribution in [-0.4, -0.2) is 20.0 Å². The van der Waals surface area contributed by atoms with Crippen LogP contribution in [0.25, 0.3) is 0 Å². The lowest BCUT2D eigenvalue weighted by Gasteiger charge is -2.31. The van der Waals surface area contributed by atoms with Crippen LogP contribution in [0.5, 0.6) is 11.5 Å². The summed E-state index contributed by atoms with van der Waals surface area (Å²) in [5.41, 5.74) is 1.88. The number of halogens is 1. The molecule has 24 heavy (non-hydrogen) atoms. The first kappa shape index (κ1) is 16.5. The molecule has 1 aliphatic rings. The number of carbonyl (C=O) groups excluding carboxylic acids is 1. The van der Waals surface area contributed by atoms with Crippen molar-refractivity contribution in [2.24, 2.45) is 0 Å². The lowest BCUT2D eigenvalue weighted by atomic mass is 9.89. The van der Waals surface area contributed by atoms with Crippen molar-refractivity contribution in [2.45, 2.75) is 24.9 Å². The Labute approximate surface area is 140 Å². The molecule has 2 aromatic carbocycles. The normalized spacial score (nSPS) is 20.7. The van der Waals surface area contributed by atoms with Crippen molar-refractivity contribution >= 4 is 5.78 Å². The third-order valence-electron chi connectivity index (χ3n) is 4.35. The van der Waals surface area contributed by atoms with Crippen LogP contribution in [0.15, 0.2) is 42.5 Å². The second-order valence-electron chi connectivity index (χ2n) is 5.88. The fourth-order valence-electron chi connectivity index (χ4n) is 3.09. The lowest BCUT2D eigenvalue weighted by molar-refractivity contribution is -0.121. The molecule has 0 saturated carbocycles. The molecular formula is C19H20FNO3. The van der Waals surface area contributed by atoms with Crippen LogP contribution < -0.4 is 14.8 Å². The van der Waals surface area contributed by atoms with Crippen LogP contribution in [-0.2, 0) is 4.79 Å². The molecule has 1 heterocycles. The molecule has 5 heteroatoms. The quantitative estimate of drug-likeness (QED) is 0.931. The zero-order valence-electron chi connectivity index (χ0n) is 13.7. The minimum atomic E-state index is -0.280. The molecule has 126 valence electrons. The van der Waals surface area contributed by atoms with Crippen LogP contribution >= 0.6 is 0 Å². The third-order valence-corrected chi connectivity index (χ3v) is 4.35. The van der Waals surface area contributed by atoms with Crippen molar-refractivity contribution < 1.29 is 18.7 Å². The number of hydrogen-bond donors (Lipinski definition) is 1. The van der Waals surface area contributed by atoms with E-state index >= 15 is 0 Å². The lowest BCUT2D eigenvalue weighted by Crippen LogP contribution is -2.35. The molecule has 0 radical (unpaired) electrons. The SMILES string of the molecule is COc1ccc([C@@H]2CC(=O)C[C@H](c3ccc(F)cc3)N2)cc1OC. The van der Waals surface area contributed by atoms with Crippen LogP contribution in [0, 0.1) is 5.82 Å². The maximum absolute atomic E-state index is 13.1. The van der Waals surface area contributed by atoms with Gasteiger partial charge in [0.1, 0.15) is 11.6 Å². The van der Waals surface area contributed by atoms with Crippen molar-refractivity contribution in [1.29, 1.82) is 0 Å². The molecule has 1 aliphatic heterocycles. The van der Waals surface area contributed by atoms with Gasteiger partial charge in [0.2, 0.25) is 0 Å². The largest absolute Gasteiger partial charge is 0.493 e. The molecule has 0 unspecified atom stereocenters. The summed E-state index contributed by atoms with van der Waals surface area (Å²) in [6.07, 6.45) is 0.836. The molecule has 2 atom stereocenters. The van der Waals surface area contributed by atoms with Crippen molar-refractivity contribution in [2.75, 3.05) is 14.2 Å². The Kier molecular flexibility index (Phi) is 4.81. The first-order chi connectivity index (χ1) is 11.6. The molecule has 0 spiro atoms. The second-order valence-corrected chi connectivity index (χ2v) is 5.88. The Hall–Kier alpha value is -2.40. The first-order valence-corrected chi connectivity index (χ1v) is 7.86. The molecule has 1 fully saturated rings. The number of ether oxygens (including phenoxy) is 2. The highest BCUT2D eigenvalue weighted by atomic mass is 19.1. The fourth-order valence-corrected chi connectivity index (χ4v) is 3.09. The maximum Gasteiger partial charge on any atom is 0.161 e. The Balaban J connectivity index is 1.85. The van der Waals surface area contributed by atoms with Gasteiger partial charge in [-0.15, -0.1) is 0 Å². The second kappa shape index (κ2) is 7.01. The fraction of sp³-hybridized carbons (Fsp3) is 0.316. The van der Waals surface area contributed by atoms with Crippen LogP contribution in [0.2, 0.25) is 0 Å². The van der Waals surface area contributed by atoms with E-state index < -0.39 is 0 Å². The molecule has 1 saturated heterocycles. The van der Waals surface area contributed by atoms with E-state index in [1.807, 2.05) is 18.2 Å². The Bertz CT molecular complexity index is 730. The van der Waals surface area contributed by atoms with E-state index in [4.69, 9.17) is 9.47 Å². The van der Waals surface area contributed by atoms with E-state index in [0.717, 1.165) is 11.1 Å². The molecule has 3 rings (SSSR count). The molecule has 0 bridgehead atoms. The number of carbonyl (C=O) groups is 1. The van der Waals surface area contributed by atoms with Crippen LogP contribution in [0.3, 0.4) is 0 Å². The number of nitrogens with one attached hydrogen (secondary N) is 1. The number of Topliss-reactive ketones (excluding diaryl/α,β-unsaturated/α-hetero) is 1. The van der Waals surface area contributed by atoms with Crippen molar-refractivity contribution in [3.63, 3.8) is 0 Å². The average molecular weight is 329 g/mol. The van der Waals surface area contributed by atoms with E-state index in [1.54, 1.807) is 26.4 Å². The molecular weight excluding hydrogens is 309 g/mol. The standard InChI is InChI=1S/C19H20FNO3/c1-23-18-8-5-13(9-19(18)24-2)17-11-15(22)10-16(21-17)12-3-6-14(20)7-4-12/h3-9,16-17,21H,10-11H2,1-2H3/t16-,17+/m1/s1. The van der Waals surface area contributed by atoms with Crippen LogP contribution in [0.1, 0.15) is 36.1 Å². The van der Waals surface area contributed by atoms with Gasteiger partial charge in [0, 0.05) is 24.9 Å². The van der Waals surface area contributed by atoms with Gasteiger partial charge in [0.15, 0.2) is 11.5 Å². The third kappa shape index (κ3) is 3.41. The summed E-state index contributed by atoms with van der Waals surface area (Å²) in [4.78, 5) is 12.2. The average Bonchev–Trinajstić information content (AvgIpc) is 2.61. The zero-order valence-corrected chi connectivity index (χ0v) is 13.7. The summed E-state index contributed by atoms with van der Waals surface area (Å²) in [5, 5.41) is 3.49. The molecule has 0 aromatic heterocycles. The number of methoxy groups -OCH3 is 2. The number of hydrogen-bond acceptors (Lipinski definition) is 4. The van der Waals surface area contributed by atoms with Gasteiger partial charge in [-0.1, -0.05) is 18.2 Å². The highest BCUT2D eigenvalue weighted by molar-refractivity contribution is 5.81. The summed E-state index contributed by atoms with van der Waals surface area (Å²) >= 11 is 0. The summed E-state index contributed by atoms with van der Waals surface area (Å²) in [6, 6.07) is 11.7. The van der Waals surface area contributed by atoms with Crippen molar-refractivity contribution in [3.8, 4) is 11.5 Å². The maximum atomic E-state index is 13.1. The summed E-state index contributed by atoms with van der Waals surface area (Å²) in [5.74, 6) is 1.19. The predicted molar refractivity (Wildman–Crippen MR) is 88.8 cm³/mol. The number of ketones is 1. The molecule has 1 N–H and O–H groups in total. The topological polar surface area (TPSA) is 47.6 Å². The van der Waals surface area contributed by atoms with E-state index in [-0.39, 0.29) is 23.7 Å². The van der Waals surface area contributed by atoms with Gasteiger partial charge < -0.3 is 14.8 Å². The number of benzene rings is 2. The smallest absolute Gasteiger partial charge is 0.161 e. The van der Waals surface area contributed by atoms with Gasteiger partial charge in [0.25, 0.3) is 0 Å². The summed E-state index contributed by atoms with van der Waals surface area (Å²) < 4.78 is 23.7. The van der Waals surface area contributed by atoms with Gasteiger partial charge >= 0.3 is 0 Å². The zero-order chi connectivity index (χ0) is 17.1. The Morgan fingerprint density at radius 1 is 0.917 bits per heavy atom. The van der Waals surface area contributed by atoms with Gasteiger partial charge in [-0.3, -0.25) is 4.79 Å². The van der Waals surface area contributed by atoms with E-state index in [9.17, 15) is 9.18 Å². The van der Waals surface area contributed by atoms with Crippen molar-refractivity contribution in [3.05, 3.63) is 59.4 Å². The monoisotopic (exact) mass is 329 g/mol. The molecule has 2 aromatic rings. The Morgan fingerprint density at radius 3 is 2.12 bits per heavy atom. The van der Waals surface area contributed by atoms with E-state index in [1.165, 1.54) is 12.1 Å². The minimum absolute atomic E-state index is 0.110. The number of piperidine rings is 1. The highest BCUT2D eigenvalue weighted by Crippen LogP contribution is 2.35. The van der Waals surface area contributed by atoms with E-state index in [0.29, 0.717) is 24.3 Å². The van der Waals surface area contributed by atoms with Crippen LogP contribution in [0.4, 0.5) is 4.39 Å². The minimum Gasteiger partial charge on any atom is -0.493 e. The van der Waals surface area contributed by atoms with Gasteiger partial charge in [0.05, 0.1) is 14.2 Å². The van der Waals surface area contributed by atoms with E-state index in [2.05, 4.69) is 5.32 Å². The van der Waals surface area contributed by atoms with Crippen molar-refractivity contribution in [1.82, 2.24) is 5.32 Å².